The van der Waals surface area contributed by atoms with E-state index in [0.29, 0.717) is 32.1 Å². The van der Waals surface area contributed by atoms with Crippen LogP contribution in [0.25, 0.3) is 0 Å². The van der Waals surface area contributed by atoms with Crippen molar-refractivity contribution < 1.29 is 76.2 Å². The minimum absolute atomic E-state index is 0.0124. The van der Waals surface area contributed by atoms with Gasteiger partial charge < -0.3 is 45.1 Å². The third-order valence-corrected chi connectivity index (χ3v) is 14.6. The monoisotopic (exact) mass is 1030 g/mol. The molecule has 2 aliphatic heterocycles. The summed E-state index contributed by atoms with van der Waals surface area (Å²) < 4.78 is 59.0. The first kappa shape index (κ1) is 60.9. The van der Waals surface area contributed by atoms with Gasteiger partial charge in [-0.05, 0) is 44.2 Å². The zero-order valence-corrected chi connectivity index (χ0v) is 42.7. The van der Waals surface area contributed by atoms with Crippen LogP contribution in [0.5, 0.6) is 0 Å². The van der Waals surface area contributed by atoms with E-state index in [1.807, 2.05) is 6.92 Å². The number of cyclic esters (lactones) is 1. The van der Waals surface area contributed by atoms with Gasteiger partial charge in [0.15, 0.2) is 11.9 Å². The summed E-state index contributed by atoms with van der Waals surface area (Å²) in [7, 11) is -11.2. The summed E-state index contributed by atoms with van der Waals surface area (Å²) in [6, 6.07) is 1.28. The first-order valence-electron chi connectivity index (χ1n) is 25.1. The molecule has 0 radical (unpaired) electrons. The highest BCUT2D eigenvalue weighted by Gasteiger charge is 2.42. The van der Waals surface area contributed by atoms with Gasteiger partial charge in [-0.2, -0.15) is 9.29 Å². The fourth-order valence-electron chi connectivity index (χ4n) is 7.93. The topological polar surface area (TPSA) is 303 Å². The fraction of sp³-hybridized carbons (Fsp3) is 0.729. The smallest absolute Gasteiger partial charge is 0.462 e. The van der Waals surface area contributed by atoms with Crippen molar-refractivity contribution >= 4 is 39.2 Å². The zero-order chi connectivity index (χ0) is 51.4. The van der Waals surface area contributed by atoms with E-state index in [9.17, 15) is 53.4 Å². The van der Waals surface area contributed by atoms with E-state index < -0.39 is 107 Å². The number of phosphoric acid groups is 2. The number of anilines is 1. The molecule has 22 heteroatoms. The van der Waals surface area contributed by atoms with Gasteiger partial charge in [0.1, 0.15) is 30.9 Å². The summed E-state index contributed by atoms with van der Waals surface area (Å²) in [4.78, 5) is 77.8. The summed E-state index contributed by atoms with van der Waals surface area (Å²) in [5, 5.41) is 33.8. The number of fused-ring (bicyclic) bond motifs is 3. The number of aliphatic hydroxyl groups excluding tert-OH is 3. The molecule has 0 saturated carbocycles. The molecule has 1 aromatic rings. The molecule has 398 valence electrons. The summed E-state index contributed by atoms with van der Waals surface area (Å²) in [5.41, 5.74) is 4.83. The minimum atomic E-state index is -5.67. The van der Waals surface area contributed by atoms with Crippen molar-refractivity contribution in [3.05, 3.63) is 59.2 Å². The number of nitrogens with two attached hydrogens (primary N) is 1. The molecule has 1 aromatic heterocycles. The second kappa shape index (κ2) is 33.4. The number of hydrogen-bond donors (Lipinski definition) is 6. The molecule has 3 heterocycles. The normalized spacial score (nSPS) is 29.4. The van der Waals surface area contributed by atoms with Crippen molar-refractivity contribution in [1.29, 1.82) is 0 Å². The molecular formula is C48H79N3O17P2. The van der Waals surface area contributed by atoms with E-state index in [4.69, 9.17) is 29.0 Å². The molecule has 20 nitrogen and oxygen atoms in total. The summed E-state index contributed by atoms with van der Waals surface area (Å²) in [5.74, 6) is -4.67. The first-order chi connectivity index (χ1) is 33.4. The van der Waals surface area contributed by atoms with E-state index in [1.165, 1.54) is 81.9 Å². The first-order valence-corrected chi connectivity index (χ1v) is 28.0. The number of aliphatic hydroxyl groups is 3. The van der Waals surface area contributed by atoms with Crippen LogP contribution in [-0.2, 0) is 51.1 Å². The highest BCUT2D eigenvalue weighted by atomic mass is 31.3. The van der Waals surface area contributed by atoms with Crippen LogP contribution < -0.4 is 11.4 Å². The molecular weight excluding hydrogens is 952 g/mol. The number of allylic oxidation sites excluding steroid dienone is 3. The quantitative estimate of drug-likeness (QED) is 0.0282. The Morgan fingerprint density at radius 2 is 1.49 bits per heavy atom. The maximum Gasteiger partial charge on any atom is 0.481 e. The molecule has 2 unspecified atom stereocenters. The number of esters is 2. The maximum atomic E-state index is 13.8. The number of carbonyl (C=O) groups excluding carboxylic acids is 3. The van der Waals surface area contributed by atoms with Gasteiger partial charge in [0.2, 0.25) is 0 Å². The van der Waals surface area contributed by atoms with Crippen LogP contribution in [-0.4, -0.2) is 103 Å². The van der Waals surface area contributed by atoms with Gasteiger partial charge in [-0.15, -0.1) is 0 Å². The van der Waals surface area contributed by atoms with Crippen molar-refractivity contribution in [1.82, 2.24) is 9.55 Å². The Hall–Kier alpha value is -3.39. The fourth-order valence-corrected chi connectivity index (χ4v) is 10.0. The molecule has 0 aliphatic carbocycles. The van der Waals surface area contributed by atoms with Gasteiger partial charge in [-0.1, -0.05) is 141 Å². The highest BCUT2D eigenvalue weighted by molar-refractivity contribution is 7.61. The Labute approximate surface area is 412 Å². The minimum Gasteiger partial charge on any atom is -0.462 e. The second-order valence-corrected chi connectivity index (χ2v) is 21.0. The molecule has 0 saturated heterocycles. The number of rotatable bonds is 22. The van der Waals surface area contributed by atoms with Crippen molar-refractivity contribution in [3.8, 4) is 0 Å². The lowest BCUT2D eigenvalue weighted by molar-refractivity contribution is -0.167. The third kappa shape index (κ3) is 24.4. The molecule has 0 spiro atoms. The van der Waals surface area contributed by atoms with Gasteiger partial charge in [0, 0.05) is 25.0 Å². The van der Waals surface area contributed by atoms with Crippen molar-refractivity contribution in [2.45, 2.75) is 192 Å². The lowest BCUT2D eigenvalue weighted by Crippen LogP contribution is -2.49. The number of phosphoric ester groups is 2. The standard InChI is InChI=1S/C48H79N3O17P2/c1-3-5-7-8-9-10-11-12-13-14-15-16-22-26-44(55)66-38-33-63-43(54)25-21-18-17-20-23-36-27-30-40(53)39(29-28-37(52)24-19-6-4-2)45(56)46(57)41(35-65-70(61,62)68-69(59,60)64-34-38)67-47(36)51-32-31-42(49)50-48(51)58/h17,20,27-32,36-39,41,45-47,52,56-57H,3-16,18-19,21-26,33-35H2,1-2H3,(H,59,60)(H,61,62)(H2,49,50,58)/b20-17-,29-28?,30-27-/t36-,37-,38+,39-,41+,45-,46+,47+/m0/s1. The Bertz CT molecular complexity index is 1960. The van der Waals surface area contributed by atoms with Crippen LogP contribution >= 0.6 is 15.6 Å². The predicted molar refractivity (Wildman–Crippen MR) is 261 cm³/mol. The number of carbonyl (C=O) groups is 3. The van der Waals surface area contributed by atoms with Crippen LogP contribution in [0.3, 0.4) is 0 Å². The summed E-state index contributed by atoms with van der Waals surface area (Å²) >= 11 is 0. The number of ketones is 1. The second-order valence-electron chi connectivity index (χ2n) is 18.0. The Balaban J connectivity index is 1.83. The van der Waals surface area contributed by atoms with Crippen LogP contribution in [0.1, 0.15) is 161 Å². The summed E-state index contributed by atoms with van der Waals surface area (Å²) in [6.07, 6.45) is 17.6. The molecule has 0 fully saturated rings. The van der Waals surface area contributed by atoms with Gasteiger partial charge in [0.05, 0.1) is 31.3 Å². The molecule has 3 rings (SSSR count). The molecule has 10 atom stereocenters. The molecule has 2 aliphatic rings. The molecule has 70 heavy (non-hydrogen) atoms. The van der Waals surface area contributed by atoms with Crippen molar-refractivity contribution in [2.24, 2.45) is 11.8 Å². The largest absolute Gasteiger partial charge is 0.481 e. The Kier molecular flexibility index (Phi) is 29.0. The number of ether oxygens (including phenoxy) is 3. The maximum absolute atomic E-state index is 13.8. The van der Waals surface area contributed by atoms with Crippen LogP contribution in [0.2, 0.25) is 0 Å². The van der Waals surface area contributed by atoms with E-state index >= 15 is 0 Å². The Morgan fingerprint density at radius 3 is 2.13 bits per heavy atom. The number of hydrogen-bond acceptors (Lipinski definition) is 17. The van der Waals surface area contributed by atoms with Gasteiger partial charge in [0.25, 0.3) is 0 Å². The summed E-state index contributed by atoms with van der Waals surface area (Å²) in [6.45, 7) is 1.55. The van der Waals surface area contributed by atoms with E-state index in [0.717, 1.165) is 49.2 Å². The van der Waals surface area contributed by atoms with Crippen LogP contribution in [0.15, 0.2) is 53.5 Å². The van der Waals surface area contributed by atoms with Gasteiger partial charge in [-0.25, -0.2) is 13.9 Å². The average molecular weight is 1030 g/mol. The van der Waals surface area contributed by atoms with Crippen molar-refractivity contribution in [2.75, 3.05) is 25.6 Å². The van der Waals surface area contributed by atoms with Crippen LogP contribution in [0, 0.1) is 11.8 Å². The zero-order valence-electron chi connectivity index (χ0n) is 40.9. The van der Waals surface area contributed by atoms with Crippen LogP contribution in [0.4, 0.5) is 5.82 Å². The Morgan fingerprint density at radius 1 is 0.871 bits per heavy atom. The number of aromatic nitrogens is 2. The number of nitrogen functional groups attached to an aromatic ring is 1. The molecule has 7 N–H and O–H groups in total. The lowest BCUT2D eigenvalue weighted by Gasteiger charge is -2.36. The number of nitrogens with zero attached hydrogens (tertiary/aromatic N) is 2. The lowest BCUT2D eigenvalue weighted by atomic mass is 9.88. The van der Waals surface area contributed by atoms with Gasteiger partial charge >= 0.3 is 33.3 Å². The molecule has 2 bridgehead atoms. The third-order valence-electron chi connectivity index (χ3n) is 12.0. The highest BCUT2D eigenvalue weighted by Crippen LogP contribution is 2.60. The van der Waals surface area contributed by atoms with E-state index in [1.54, 1.807) is 12.2 Å². The molecule has 0 aromatic carbocycles. The van der Waals surface area contributed by atoms with E-state index in [-0.39, 0.29) is 25.1 Å². The SMILES string of the molecule is CCCCCCCCCCCCCCCC(=O)O[C@@H]1COC(=O)CCC/C=C\C[C@H]2/C=C\C(=O)[C@H](C=C[C@@H](O)CCCCC)[C@H](O)[C@H](O)[C@@H](COP(=O)(O)OP(=O)(O)OC1)O[C@H]2n1ccc(N)nc1=O. The predicted octanol–water partition coefficient (Wildman–Crippen LogP) is 7.62. The average Bonchev–Trinajstić information content (AvgIpc) is 3.30. The van der Waals surface area contributed by atoms with Gasteiger partial charge in [-0.3, -0.25) is 28.0 Å². The van der Waals surface area contributed by atoms with E-state index in [2.05, 4.69) is 16.2 Å². The molecule has 0 amide bonds. The number of unbranched alkanes of at least 4 members (excludes halogenated alkanes) is 14. The van der Waals surface area contributed by atoms with Crippen molar-refractivity contribution in [3.63, 3.8) is 0 Å².